The minimum atomic E-state index is -0.523. The molecule has 0 spiro atoms. The number of phenolic OH excluding ortho intramolecular Hbond substituents is 2. The standard InChI is InChI=1S/C19H17N3O4/c23-9-8-22-18(11-4-3-5-12(24)10-11)15-16(20-21-17(15)19(22)26)13-6-1-2-7-14(13)25/h1-7,10,18,23-25H,8-9H2,(H,20,21)/t18-/m1/s1. The highest BCUT2D eigenvalue weighted by Crippen LogP contribution is 2.44. The van der Waals surface area contributed by atoms with E-state index in [1.54, 1.807) is 48.5 Å². The molecule has 4 rings (SSSR count). The van der Waals surface area contributed by atoms with E-state index in [0.717, 1.165) is 0 Å². The number of aliphatic hydroxyl groups is 1. The summed E-state index contributed by atoms with van der Waals surface area (Å²) in [5.41, 5.74) is 2.62. The molecule has 0 radical (unpaired) electrons. The molecule has 26 heavy (non-hydrogen) atoms. The minimum absolute atomic E-state index is 0.0597. The molecule has 4 N–H and O–H groups in total. The van der Waals surface area contributed by atoms with Crippen LogP contribution >= 0.6 is 0 Å². The number of para-hydroxylation sites is 1. The van der Waals surface area contributed by atoms with Gasteiger partial charge in [0.2, 0.25) is 0 Å². The zero-order valence-corrected chi connectivity index (χ0v) is 13.8. The molecule has 0 fully saturated rings. The van der Waals surface area contributed by atoms with Gasteiger partial charge in [-0.25, -0.2) is 0 Å². The molecule has 0 bridgehead atoms. The molecule has 3 aromatic rings. The zero-order valence-electron chi connectivity index (χ0n) is 13.8. The number of aromatic nitrogens is 2. The number of phenols is 2. The SMILES string of the molecule is O=C1c2[nH]nc(-c3ccccc3O)c2[C@@H](c2cccc(O)c2)N1CCO. The Balaban J connectivity index is 1.93. The van der Waals surface area contributed by atoms with Crippen molar-refractivity contribution in [3.05, 3.63) is 65.4 Å². The first-order valence-corrected chi connectivity index (χ1v) is 8.19. The quantitative estimate of drug-likeness (QED) is 0.575. The Morgan fingerprint density at radius 3 is 2.65 bits per heavy atom. The number of carbonyl (C=O) groups excluding carboxylic acids is 1. The number of aromatic hydroxyl groups is 2. The largest absolute Gasteiger partial charge is 0.508 e. The molecule has 0 saturated carbocycles. The van der Waals surface area contributed by atoms with Gasteiger partial charge >= 0.3 is 0 Å². The number of nitrogens with zero attached hydrogens (tertiary/aromatic N) is 2. The molecule has 132 valence electrons. The van der Waals surface area contributed by atoms with Crippen LogP contribution in [0.2, 0.25) is 0 Å². The maximum Gasteiger partial charge on any atom is 0.273 e. The number of amides is 1. The van der Waals surface area contributed by atoms with Gasteiger partial charge in [0.25, 0.3) is 5.91 Å². The van der Waals surface area contributed by atoms with E-state index in [1.165, 1.54) is 4.90 Å². The van der Waals surface area contributed by atoms with Crippen LogP contribution in [0.3, 0.4) is 0 Å². The normalized spacial score (nSPS) is 16.1. The Hall–Kier alpha value is -3.32. The lowest BCUT2D eigenvalue weighted by Gasteiger charge is -2.25. The van der Waals surface area contributed by atoms with Crippen LogP contribution in [0.25, 0.3) is 11.3 Å². The van der Waals surface area contributed by atoms with E-state index < -0.39 is 6.04 Å². The summed E-state index contributed by atoms with van der Waals surface area (Å²) in [5.74, 6) is -0.138. The number of hydrogen-bond acceptors (Lipinski definition) is 5. The van der Waals surface area contributed by atoms with E-state index in [0.29, 0.717) is 28.1 Å². The smallest absolute Gasteiger partial charge is 0.273 e. The van der Waals surface area contributed by atoms with Crippen LogP contribution in [0.5, 0.6) is 11.5 Å². The minimum Gasteiger partial charge on any atom is -0.508 e. The summed E-state index contributed by atoms with van der Waals surface area (Å²) in [6, 6.07) is 12.9. The Labute approximate surface area is 149 Å². The number of aliphatic hydroxyl groups excluding tert-OH is 1. The lowest BCUT2D eigenvalue weighted by atomic mass is 9.95. The van der Waals surface area contributed by atoms with E-state index in [9.17, 15) is 20.1 Å². The second-order valence-corrected chi connectivity index (χ2v) is 6.10. The second kappa shape index (κ2) is 6.20. The van der Waals surface area contributed by atoms with Crippen molar-refractivity contribution in [2.24, 2.45) is 0 Å². The molecular formula is C19H17N3O4. The number of rotatable bonds is 4. The molecule has 1 aliphatic heterocycles. The average Bonchev–Trinajstić information content (AvgIpc) is 3.16. The summed E-state index contributed by atoms with van der Waals surface area (Å²) in [6.07, 6.45) is 0. The molecule has 7 heteroatoms. The summed E-state index contributed by atoms with van der Waals surface area (Å²) in [7, 11) is 0. The van der Waals surface area contributed by atoms with Crippen molar-refractivity contribution < 1.29 is 20.1 Å². The number of aromatic amines is 1. The fraction of sp³-hybridized carbons (Fsp3) is 0.158. The molecular weight excluding hydrogens is 334 g/mol. The summed E-state index contributed by atoms with van der Waals surface area (Å²) < 4.78 is 0. The highest BCUT2D eigenvalue weighted by molar-refractivity contribution is 6.00. The maximum atomic E-state index is 12.8. The van der Waals surface area contributed by atoms with Crippen LogP contribution in [0, 0.1) is 0 Å². The lowest BCUT2D eigenvalue weighted by Crippen LogP contribution is -2.32. The first-order chi connectivity index (χ1) is 12.6. The third-order valence-corrected chi connectivity index (χ3v) is 4.55. The molecule has 2 heterocycles. The van der Waals surface area contributed by atoms with Crippen LogP contribution < -0.4 is 0 Å². The fourth-order valence-electron chi connectivity index (χ4n) is 3.46. The van der Waals surface area contributed by atoms with Crippen LogP contribution in [-0.2, 0) is 0 Å². The predicted octanol–water partition coefficient (Wildman–Crippen LogP) is 2.03. The van der Waals surface area contributed by atoms with Crippen molar-refractivity contribution >= 4 is 5.91 Å². The Kier molecular flexibility index (Phi) is 3.85. The number of benzene rings is 2. The number of nitrogens with one attached hydrogen (secondary N) is 1. The molecule has 1 atom stereocenters. The van der Waals surface area contributed by atoms with Crippen LogP contribution in [0.15, 0.2) is 48.5 Å². The maximum absolute atomic E-state index is 12.8. The van der Waals surface area contributed by atoms with Crippen LogP contribution in [-0.4, -0.2) is 49.5 Å². The van der Waals surface area contributed by atoms with Crippen molar-refractivity contribution in [2.45, 2.75) is 6.04 Å². The zero-order chi connectivity index (χ0) is 18.3. The molecule has 0 unspecified atom stereocenters. The molecule has 1 aromatic heterocycles. The number of hydrogen-bond donors (Lipinski definition) is 4. The topological polar surface area (TPSA) is 110 Å². The van der Waals surface area contributed by atoms with Gasteiger partial charge in [-0.3, -0.25) is 9.89 Å². The van der Waals surface area contributed by atoms with Gasteiger partial charge < -0.3 is 20.2 Å². The highest BCUT2D eigenvalue weighted by Gasteiger charge is 2.42. The summed E-state index contributed by atoms with van der Waals surface area (Å²) >= 11 is 0. The van der Waals surface area contributed by atoms with Gasteiger partial charge in [0.1, 0.15) is 22.9 Å². The van der Waals surface area contributed by atoms with Gasteiger partial charge in [0.15, 0.2) is 0 Å². The first-order valence-electron chi connectivity index (χ1n) is 8.19. The predicted molar refractivity (Wildman–Crippen MR) is 93.8 cm³/mol. The van der Waals surface area contributed by atoms with Crippen LogP contribution in [0.4, 0.5) is 0 Å². The molecule has 0 saturated heterocycles. The third-order valence-electron chi connectivity index (χ3n) is 4.55. The average molecular weight is 351 g/mol. The van der Waals surface area contributed by atoms with Gasteiger partial charge in [-0.05, 0) is 29.8 Å². The molecule has 1 aliphatic rings. The van der Waals surface area contributed by atoms with Gasteiger partial charge in [-0.1, -0.05) is 24.3 Å². The van der Waals surface area contributed by atoms with E-state index >= 15 is 0 Å². The van der Waals surface area contributed by atoms with E-state index in [2.05, 4.69) is 10.2 Å². The van der Waals surface area contributed by atoms with Crippen molar-refractivity contribution in [1.82, 2.24) is 15.1 Å². The lowest BCUT2D eigenvalue weighted by molar-refractivity contribution is 0.0706. The van der Waals surface area contributed by atoms with Crippen molar-refractivity contribution in [3.63, 3.8) is 0 Å². The summed E-state index contributed by atoms with van der Waals surface area (Å²) in [4.78, 5) is 14.3. The highest BCUT2D eigenvalue weighted by atomic mass is 16.3. The van der Waals surface area contributed by atoms with Crippen LogP contribution in [0.1, 0.15) is 27.7 Å². The molecule has 1 amide bonds. The number of H-pyrrole nitrogens is 1. The van der Waals surface area contributed by atoms with Gasteiger partial charge in [0.05, 0.1) is 12.6 Å². The second-order valence-electron chi connectivity index (χ2n) is 6.10. The molecule has 7 nitrogen and oxygen atoms in total. The number of carbonyl (C=O) groups is 1. The number of β-amino-alcohol motifs (C(OH)–C–C–N with tert-alkyl or cyclic N) is 1. The molecule has 2 aromatic carbocycles. The van der Waals surface area contributed by atoms with Crippen molar-refractivity contribution in [2.75, 3.05) is 13.2 Å². The van der Waals surface area contributed by atoms with Crippen molar-refractivity contribution in [1.29, 1.82) is 0 Å². The Morgan fingerprint density at radius 1 is 1.12 bits per heavy atom. The van der Waals surface area contributed by atoms with E-state index in [-0.39, 0.29) is 30.6 Å². The third kappa shape index (κ3) is 2.41. The number of fused-ring (bicyclic) bond motifs is 1. The Morgan fingerprint density at radius 2 is 1.92 bits per heavy atom. The van der Waals surface area contributed by atoms with Gasteiger partial charge in [-0.2, -0.15) is 5.10 Å². The monoisotopic (exact) mass is 351 g/mol. The first kappa shape index (κ1) is 16.2. The van der Waals surface area contributed by atoms with Crippen molar-refractivity contribution in [3.8, 4) is 22.8 Å². The van der Waals surface area contributed by atoms with E-state index in [1.807, 2.05) is 0 Å². The molecule has 0 aliphatic carbocycles. The summed E-state index contributed by atoms with van der Waals surface area (Å²) in [6.45, 7) is -0.0490. The summed E-state index contributed by atoms with van der Waals surface area (Å²) in [5, 5.41) is 36.5. The van der Waals surface area contributed by atoms with Gasteiger partial charge in [0, 0.05) is 17.7 Å². The Bertz CT molecular complexity index is 982. The van der Waals surface area contributed by atoms with E-state index in [4.69, 9.17) is 0 Å². The fourth-order valence-corrected chi connectivity index (χ4v) is 3.46. The van der Waals surface area contributed by atoms with Gasteiger partial charge in [-0.15, -0.1) is 0 Å².